The molecule has 1 N–H and O–H groups in total. The van der Waals surface area contributed by atoms with E-state index in [4.69, 9.17) is 0 Å². The Morgan fingerprint density at radius 3 is 2.72 bits per heavy atom. The summed E-state index contributed by atoms with van der Waals surface area (Å²) in [5.74, 6) is 0. The summed E-state index contributed by atoms with van der Waals surface area (Å²) < 4.78 is 3.16. The van der Waals surface area contributed by atoms with Crippen LogP contribution in [0.5, 0.6) is 0 Å². The number of benzene rings is 1. The molecule has 3 nitrogen and oxygen atoms in total. The van der Waals surface area contributed by atoms with Crippen LogP contribution in [-0.4, -0.2) is 16.3 Å². The van der Waals surface area contributed by atoms with Crippen LogP contribution >= 0.6 is 15.9 Å². The molecule has 18 heavy (non-hydrogen) atoms. The van der Waals surface area contributed by atoms with Gasteiger partial charge in [-0.2, -0.15) is 5.10 Å². The quantitative estimate of drug-likeness (QED) is 0.831. The number of aromatic nitrogens is 2. The van der Waals surface area contributed by atoms with Crippen molar-refractivity contribution < 1.29 is 0 Å². The molecule has 2 aromatic rings. The summed E-state index contributed by atoms with van der Waals surface area (Å²) in [4.78, 5) is 0. The molecule has 1 aromatic carbocycles. The van der Waals surface area contributed by atoms with Crippen LogP contribution in [0.2, 0.25) is 0 Å². The van der Waals surface area contributed by atoms with Crippen LogP contribution in [0.4, 0.5) is 0 Å². The zero-order valence-electron chi connectivity index (χ0n) is 10.6. The molecular weight excluding hydrogens is 290 g/mol. The van der Waals surface area contributed by atoms with Crippen molar-refractivity contribution in [3.8, 4) is 0 Å². The van der Waals surface area contributed by atoms with Crippen LogP contribution in [-0.2, 0) is 13.1 Å². The van der Waals surface area contributed by atoms with E-state index in [0.717, 1.165) is 30.5 Å². The molecule has 0 unspecified atom stereocenters. The molecular formula is C14H18BrN3. The zero-order valence-corrected chi connectivity index (χ0v) is 12.2. The normalized spacial score (nSPS) is 10.8. The van der Waals surface area contributed by atoms with Gasteiger partial charge in [0.25, 0.3) is 0 Å². The first kappa shape index (κ1) is 13.3. The molecule has 0 saturated carbocycles. The Bertz CT molecular complexity index is 476. The standard InChI is InChI=1S/C14H18BrN3/c1-2-8-16-10-14-7-9-17-18(14)11-12-3-5-13(15)6-4-12/h3-7,9,16H,2,8,10-11H2,1H3. The van der Waals surface area contributed by atoms with E-state index in [-0.39, 0.29) is 0 Å². The van der Waals surface area contributed by atoms with Crippen molar-refractivity contribution >= 4 is 15.9 Å². The number of hydrogen-bond donors (Lipinski definition) is 1. The summed E-state index contributed by atoms with van der Waals surface area (Å²) in [6.45, 7) is 4.92. The molecule has 0 atom stereocenters. The van der Waals surface area contributed by atoms with Crippen molar-refractivity contribution in [3.05, 3.63) is 52.3 Å². The Morgan fingerprint density at radius 1 is 1.22 bits per heavy atom. The van der Waals surface area contributed by atoms with Gasteiger partial charge in [-0.15, -0.1) is 0 Å². The monoisotopic (exact) mass is 307 g/mol. The Morgan fingerprint density at radius 2 is 2.00 bits per heavy atom. The summed E-state index contributed by atoms with van der Waals surface area (Å²) in [7, 11) is 0. The average Bonchev–Trinajstić information content (AvgIpc) is 2.80. The maximum absolute atomic E-state index is 4.38. The minimum atomic E-state index is 0.823. The second-order valence-corrected chi connectivity index (χ2v) is 5.20. The Balaban J connectivity index is 2.00. The SMILES string of the molecule is CCCNCc1ccnn1Cc1ccc(Br)cc1. The molecule has 96 valence electrons. The lowest BCUT2D eigenvalue weighted by Crippen LogP contribution is -2.17. The van der Waals surface area contributed by atoms with Crippen molar-refractivity contribution in [3.63, 3.8) is 0 Å². The summed E-state index contributed by atoms with van der Waals surface area (Å²) in [6.07, 6.45) is 3.02. The van der Waals surface area contributed by atoms with E-state index >= 15 is 0 Å². The van der Waals surface area contributed by atoms with Gasteiger partial charge in [0, 0.05) is 17.2 Å². The third-order valence-electron chi connectivity index (χ3n) is 2.78. The lowest BCUT2D eigenvalue weighted by atomic mass is 10.2. The first-order valence-electron chi connectivity index (χ1n) is 6.25. The van der Waals surface area contributed by atoms with E-state index in [2.05, 4.69) is 63.6 Å². The highest BCUT2D eigenvalue weighted by Gasteiger charge is 2.02. The summed E-state index contributed by atoms with van der Waals surface area (Å²) in [5.41, 5.74) is 2.49. The molecule has 0 radical (unpaired) electrons. The van der Waals surface area contributed by atoms with Crippen molar-refractivity contribution in [2.45, 2.75) is 26.4 Å². The highest BCUT2D eigenvalue weighted by Crippen LogP contribution is 2.12. The fraction of sp³-hybridized carbons (Fsp3) is 0.357. The molecule has 1 aromatic heterocycles. The third-order valence-corrected chi connectivity index (χ3v) is 3.31. The van der Waals surface area contributed by atoms with Gasteiger partial charge in [0.05, 0.1) is 12.2 Å². The van der Waals surface area contributed by atoms with Gasteiger partial charge in [-0.1, -0.05) is 35.0 Å². The molecule has 0 aliphatic rings. The van der Waals surface area contributed by atoms with Crippen molar-refractivity contribution in [1.29, 1.82) is 0 Å². The Labute approximate surface area is 116 Å². The van der Waals surface area contributed by atoms with Gasteiger partial charge in [-0.05, 0) is 36.7 Å². The van der Waals surface area contributed by atoms with Gasteiger partial charge < -0.3 is 5.32 Å². The highest BCUT2D eigenvalue weighted by molar-refractivity contribution is 9.10. The smallest absolute Gasteiger partial charge is 0.0663 e. The molecule has 2 rings (SSSR count). The Kier molecular flexibility index (Phi) is 4.96. The minimum absolute atomic E-state index is 0.823. The van der Waals surface area contributed by atoms with Crippen LogP contribution in [0.25, 0.3) is 0 Å². The fourth-order valence-electron chi connectivity index (χ4n) is 1.81. The van der Waals surface area contributed by atoms with Crippen molar-refractivity contribution in [2.75, 3.05) is 6.54 Å². The lowest BCUT2D eigenvalue weighted by molar-refractivity contribution is 0.592. The molecule has 0 aliphatic carbocycles. The Hall–Kier alpha value is -1.13. The van der Waals surface area contributed by atoms with Crippen LogP contribution in [0, 0.1) is 0 Å². The molecule has 4 heteroatoms. The number of rotatable bonds is 6. The fourth-order valence-corrected chi connectivity index (χ4v) is 2.07. The molecule has 0 amide bonds. The first-order chi connectivity index (χ1) is 8.79. The summed E-state index contributed by atoms with van der Waals surface area (Å²) in [5, 5.41) is 7.78. The van der Waals surface area contributed by atoms with E-state index in [1.807, 2.05) is 10.9 Å². The van der Waals surface area contributed by atoms with Gasteiger partial charge in [0.15, 0.2) is 0 Å². The maximum Gasteiger partial charge on any atom is 0.0663 e. The highest BCUT2D eigenvalue weighted by atomic mass is 79.9. The topological polar surface area (TPSA) is 29.9 Å². The number of nitrogens with zero attached hydrogens (tertiary/aromatic N) is 2. The predicted octanol–water partition coefficient (Wildman–Crippen LogP) is 3.19. The van der Waals surface area contributed by atoms with Gasteiger partial charge in [0.1, 0.15) is 0 Å². The molecule has 1 heterocycles. The second-order valence-electron chi connectivity index (χ2n) is 4.28. The van der Waals surface area contributed by atoms with Gasteiger partial charge in [-0.25, -0.2) is 0 Å². The van der Waals surface area contributed by atoms with Gasteiger partial charge in [-0.3, -0.25) is 4.68 Å². The average molecular weight is 308 g/mol. The van der Waals surface area contributed by atoms with Crippen molar-refractivity contribution in [2.24, 2.45) is 0 Å². The number of halogens is 1. The van der Waals surface area contributed by atoms with Crippen LogP contribution in [0.1, 0.15) is 24.6 Å². The molecule has 0 aliphatic heterocycles. The van der Waals surface area contributed by atoms with Crippen molar-refractivity contribution in [1.82, 2.24) is 15.1 Å². The summed E-state index contributed by atoms with van der Waals surface area (Å²) in [6, 6.07) is 10.4. The van der Waals surface area contributed by atoms with Crippen LogP contribution in [0.3, 0.4) is 0 Å². The van der Waals surface area contributed by atoms with E-state index < -0.39 is 0 Å². The molecule has 0 bridgehead atoms. The van der Waals surface area contributed by atoms with E-state index in [0.29, 0.717) is 0 Å². The van der Waals surface area contributed by atoms with Crippen LogP contribution in [0.15, 0.2) is 41.0 Å². The van der Waals surface area contributed by atoms with E-state index in [1.54, 1.807) is 0 Å². The largest absolute Gasteiger partial charge is 0.311 e. The molecule has 0 saturated heterocycles. The predicted molar refractivity (Wildman–Crippen MR) is 77.5 cm³/mol. The maximum atomic E-state index is 4.38. The zero-order chi connectivity index (χ0) is 12.8. The number of hydrogen-bond acceptors (Lipinski definition) is 2. The van der Waals surface area contributed by atoms with Gasteiger partial charge in [0.2, 0.25) is 0 Å². The minimum Gasteiger partial charge on any atom is -0.311 e. The molecule has 0 fully saturated rings. The van der Waals surface area contributed by atoms with Gasteiger partial charge >= 0.3 is 0 Å². The third kappa shape index (κ3) is 3.68. The first-order valence-corrected chi connectivity index (χ1v) is 7.04. The molecule has 0 spiro atoms. The summed E-state index contributed by atoms with van der Waals surface area (Å²) >= 11 is 3.45. The second kappa shape index (κ2) is 6.71. The number of nitrogens with one attached hydrogen (secondary N) is 1. The van der Waals surface area contributed by atoms with E-state index in [9.17, 15) is 0 Å². The lowest BCUT2D eigenvalue weighted by Gasteiger charge is -2.08. The van der Waals surface area contributed by atoms with Crippen LogP contribution < -0.4 is 5.32 Å². The van der Waals surface area contributed by atoms with E-state index in [1.165, 1.54) is 11.3 Å².